The molecule has 1 aromatic rings. The van der Waals surface area contributed by atoms with E-state index < -0.39 is 0 Å². The lowest BCUT2D eigenvalue weighted by molar-refractivity contribution is 0.0538. The average Bonchev–Trinajstić information content (AvgIpc) is 2.38. The van der Waals surface area contributed by atoms with E-state index >= 15 is 0 Å². The van der Waals surface area contributed by atoms with Gasteiger partial charge in [0.2, 0.25) is 0 Å². The van der Waals surface area contributed by atoms with Crippen molar-refractivity contribution in [2.24, 2.45) is 5.92 Å². The Labute approximate surface area is 118 Å². The van der Waals surface area contributed by atoms with E-state index in [0.717, 1.165) is 31.7 Å². The lowest BCUT2D eigenvalue weighted by atomic mass is 9.93. The molecule has 1 fully saturated rings. The fourth-order valence-electron chi connectivity index (χ4n) is 2.38. The van der Waals surface area contributed by atoms with Gasteiger partial charge in [-0.1, -0.05) is 11.6 Å². The van der Waals surface area contributed by atoms with E-state index in [9.17, 15) is 4.79 Å². The zero-order valence-electron chi connectivity index (χ0n) is 11.3. The second kappa shape index (κ2) is 6.35. The van der Waals surface area contributed by atoms with Crippen LogP contribution in [-0.2, 0) is 4.74 Å². The molecule has 1 atom stereocenters. The Morgan fingerprint density at radius 3 is 2.79 bits per heavy atom. The van der Waals surface area contributed by atoms with Gasteiger partial charge in [-0.2, -0.15) is 0 Å². The number of carbonyl (C=O) groups excluding carboxylic acids is 1. The van der Waals surface area contributed by atoms with Crippen molar-refractivity contribution in [3.8, 4) is 0 Å². The Balaban J connectivity index is 1.99. The monoisotopic (exact) mass is 282 g/mol. The number of nitrogens with zero attached hydrogens (tertiary/aromatic N) is 1. The van der Waals surface area contributed by atoms with Gasteiger partial charge in [-0.05, 0) is 44.7 Å². The van der Waals surface area contributed by atoms with Crippen molar-refractivity contribution in [2.45, 2.75) is 32.7 Å². The molecule has 2 heterocycles. The number of nitrogens with one attached hydrogen (secondary N) is 1. The largest absolute Gasteiger partial charge is 0.381 e. The van der Waals surface area contributed by atoms with Gasteiger partial charge in [-0.15, -0.1) is 0 Å². The Hall–Kier alpha value is -1.13. The van der Waals surface area contributed by atoms with Gasteiger partial charge in [0, 0.05) is 30.5 Å². The zero-order valence-corrected chi connectivity index (χ0v) is 12.0. The van der Waals surface area contributed by atoms with Crippen LogP contribution in [0.25, 0.3) is 0 Å². The number of rotatable bonds is 3. The molecule has 1 unspecified atom stereocenters. The number of hydrogen-bond acceptors (Lipinski definition) is 3. The molecule has 1 aromatic heterocycles. The van der Waals surface area contributed by atoms with Crippen LogP contribution in [0.15, 0.2) is 12.1 Å². The van der Waals surface area contributed by atoms with E-state index in [1.807, 2.05) is 13.8 Å². The van der Waals surface area contributed by atoms with Crippen molar-refractivity contribution >= 4 is 17.5 Å². The topological polar surface area (TPSA) is 51.2 Å². The summed E-state index contributed by atoms with van der Waals surface area (Å²) < 4.78 is 5.33. The van der Waals surface area contributed by atoms with E-state index in [4.69, 9.17) is 16.3 Å². The molecule has 5 heteroatoms. The number of halogens is 1. The number of hydrogen-bond donors (Lipinski definition) is 1. The lowest BCUT2D eigenvalue weighted by Crippen LogP contribution is -2.40. The highest BCUT2D eigenvalue weighted by atomic mass is 35.5. The van der Waals surface area contributed by atoms with Crippen molar-refractivity contribution in [3.63, 3.8) is 0 Å². The van der Waals surface area contributed by atoms with Crippen LogP contribution in [0.1, 0.15) is 35.8 Å². The summed E-state index contributed by atoms with van der Waals surface area (Å²) in [5, 5.41) is 3.39. The number of aryl methyl sites for hydroxylation is 1. The van der Waals surface area contributed by atoms with E-state index in [0.29, 0.717) is 16.6 Å². The first-order valence-electron chi connectivity index (χ1n) is 6.59. The minimum atomic E-state index is -0.0913. The molecule has 1 N–H and O–H groups in total. The molecule has 0 aromatic carbocycles. The fraction of sp³-hybridized carbons (Fsp3) is 0.571. The summed E-state index contributed by atoms with van der Waals surface area (Å²) >= 11 is 5.87. The maximum absolute atomic E-state index is 12.2. The second-order valence-electron chi connectivity index (χ2n) is 5.03. The van der Waals surface area contributed by atoms with Gasteiger partial charge in [0.1, 0.15) is 5.15 Å². The molecular formula is C14H19ClN2O2. The Kier molecular flexibility index (Phi) is 4.77. The van der Waals surface area contributed by atoms with Crippen LogP contribution in [0.3, 0.4) is 0 Å². The Bertz CT molecular complexity index is 439. The minimum Gasteiger partial charge on any atom is -0.381 e. The van der Waals surface area contributed by atoms with E-state index in [1.165, 1.54) is 0 Å². The number of carbonyl (C=O) groups is 1. The van der Waals surface area contributed by atoms with Crippen LogP contribution in [-0.4, -0.2) is 30.1 Å². The van der Waals surface area contributed by atoms with Crippen molar-refractivity contribution in [2.75, 3.05) is 13.2 Å². The first kappa shape index (κ1) is 14.3. The van der Waals surface area contributed by atoms with E-state index in [2.05, 4.69) is 10.3 Å². The predicted molar refractivity (Wildman–Crippen MR) is 74.5 cm³/mol. The van der Waals surface area contributed by atoms with E-state index in [1.54, 1.807) is 12.1 Å². The van der Waals surface area contributed by atoms with Gasteiger partial charge in [0.15, 0.2) is 0 Å². The average molecular weight is 283 g/mol. The summed E-state index contributed by atoms with van der Waals surface area (Å²) in [5.41, 5.74) is 1.31. The van der Waals surface area contributed by atoms with Crippen LogP contribution in [0.2, 0.25) is 5.15 Å². The zero-order chi connectivity index (χ0) is 13.8. The van der Waals surface area contributed by atoms with Crippen LogP contribution in [0.4, 0.5) is 0 Å². The highest BCUT2D eigenvalue weighted by Crippen LogP contribution is 2.19. The van der Waals surface area contributed by atoms with Crippen molar-refractivity contribution in [1.29, 1.82) is 0 Å². The van der Waals surface area contributed by atoms with Crippen LogP contribution in [0.5, 0.6) is 0 Å². The maximum atomic E-state index is 12.2. The SMILES string of the molecule is Cc1cc(C(=O)NC(C)C2CCOCC2)cc(Cl)n1. The van der Waals surface area contributed by atoms with Crippen LogP contribution < -0.4 is 5.32 Å². The third-order valence-electron chi connectivity index (χ3n) is 3.52. The maximum Gasteiger partial charge on any atom is 0.251 e. The fourth-order valence-corrected chi connectivity index (χ4v) is 2.63. The number of aromatic nitrogens is 1. The van der Waals surface area contributed by atoms with Gasteiger partial charge in [0.25, 0.3) is 5.91 Å². The summed E-state index contributed by atoms with van der Waals surface area (Å²) in [7, 11) is 0. The molecule has 0 radical (unpaired) electrons. The quantitative estimate of drug-likeness (QED) is 0.867. The Morgan fingerprint density at radius 1 is 1.47 bits per heavy atom. The van der Waals surface area contributed by atoms with Crippen LogP contribution in [0, 0.1) is 12.8 Å². The molecule has 0 saturated carbocycles. The highest BCUT2D eigenvalue weighted by Gasteiger charge is 2.22. The van der Waals surface area contributed by atoms with Gasteiger partial charge in [-0.25, -0.2) is 4.98 Å². The summed E-state index contributed by atoms with van der Waals surface area (Å²) in [5.74, 6) is 0.391. The smallest absolute Gasteiger partial charge is 0.251 e. The third-order valence-corrected chi connectivity index (χ3v) is 3.71. The van der Waals surface area contributed by atoms with Gasteiger partial charge >= 0.3 is 0 Å². The molecule has 19 heavy (non-hydrogen) atoms. The molecule has 0 aliphatic carbocycles. The normalized spacial score (nSPS) is 18.1. The number of pyridine rings is 1. The predicted octanol–water partition coefficient (Wildman–Crippen LogP) is 2.59. The molecule has 104 valence electrons. The minimum absolute atomic E-state index is 0.0913. The van der Waals surface area contributed by atoms with E-state index in [-0.39, 0.29) is 11.9 Å². The van der Waals surface area contributed by atoms with Crippen LogP contribution >= 0.6 is 11.6 Å². The second-order valence-corrected chi connectivity index (χ2v) is 5.42. The molecular weight excluding hydrogens is 264 g/mol. The van der Waals surface area contributed by atoms with Gasteiger partial charge in [0.05, 0.1) is 0 Å². The molecule has 0 bridgehead atoms. The van der Waals surface area contributed by atoms with Crippen molar-refractivity contribution < 1.29 is 9.53 Å². The summed E-state index contributed by atoms with van der Waals surface area (Å²) in [6, 6.07) is 3.49. The number of amides is 1. The first-order valence-corrected chi connectivity index (χ1v) is 6.97. The third kappa shape index (κ3) is 3.91. The molecule has 1 aliphatic heterocycles. The van der Waals surface area contributed by atoms with Gasteiger partial charge in [-0.3, -0.25) is 4.79 Å². The molecule has 4 nitrogen and oxygen atoms in total. The highest BCUT2D eigenvalue weighted by molar-refractivity contribution is 6.29. The molecule has 2 rings (SSSR count). The van der Waals surface area contributed by atoms with Crippen molar-refractivity contribution in [1.82, 2.24) is 10.3 Å². The first-order chi connectivity index (χ1) is 9.06. The summed E-state index contributed by atoms with van der Waals surface area (Å²) in [6.07, 6.45) is 2.00. The lowest BCUT2D eigenvalue weighted by Gasteiger charge is -2.28. The molecule has 1 saturated heterocycles. The van der Waals surface area contributed by atoms with Crippen molar-refractivity contribution in [3.05, 3.63) is 28.5 Å². The number of ether oxygens (including phenoxy) is 1. The summed E-state index contributed by atoms with van der Waals surface area (Å²) in [6.45, 7) is 5.43. The summed E-state index contributed by atoms with van der Waals surface area (Å²) in [4.78, 5) is 16.2. The van der Waals surface area contributed by atoms with Gasteiger partial charge < -0.3 is 10.1 Å². The molecule has 0 spiro atoms. The standard InChI is InChI=1S/C14H19ClN2O2/c1-9-7-12(8-13(15)16-9)14(18)17-10(2)11-3-5-19-6-4-11/h7-8,10-11H,3-6H2,1-2H3,(H,17,18). The molecule has 1 amide bonds. The Morgan fingerprint density at radius 2 is 2.16 bits per heavy atom. The molecule has 1 aliphatic rings.